The van der Waals surface area contributed by atoms with Gasteiger partial charge in [-0.2, -0.15) is 0 Å². The standard InChI is InChI=1S/C15H14N6O2/c1-10-6-14(21-23-10)20-13-7-12(18-9-19-13)15(22)17-8-11-4-2-3-5-16-11/h2-7,9H,8H2,1H3,(H,17,22)(H,18,19,20,21). The fourth-order valence-electron chi connectivity index (χ4n) is 1.87. The van der Waals surface area contributed by atoms with Gasteiger partial charge in [-0.1, -0.05) is 11.2 Å². The lowest BCUT2D eigenvalue weighted by molar-refractivity contribution is 0.0945. The Labute approximate surface area is 132 Å². The number of aryl methyl sites for hydroxylation is 1. The minimum atomic E-state index is -0.308. The van der Waals surface area contributed by atoms with Crippen molar-refractivity contribution >= 4 is 17.5 Å². The number of pyridine rings is 1. The SMILES string of the molecule is Cc1cc(Nc2cc(C(=O)NCc3ccccn3)ncn2)no1. The van der Waals surface area contributed by atoms with E-state index in [2.05, 4.69) is 30.7 Å². The first kappa shape index (κ1) is 14.6. The molecule has 3 heterocycles. The van der Waals surface area contributed by atoms with Crippen molar-refractivity contribution in [3.8, 4) is 0 Å². The van der Waals surface area contributed by atoms with Gasteiger partial charge in [-0.05, 0) is 19.1 Å². The van der Waals surface area contributed by atoms with Crippen molar-refractivity contribution in [3.05, 3.63) is 60.0 Å². The maximum Gasteiger partial charge on any atom is 0.270 e. The lowest BCUT2D eigenvalue weighted by Gasteiger charge is -2.05. The summed E-state index contributed by atoms with van der Waals surface area (Å²) in [6.45, 7) is 2.11. The average Bonchev–Trinajstić information content (AvgIpc) is 2.99. The first-order valence-corrected chi connectivity index (χ1v) is 6.91. The van der Waals surface area contributed by atoms with E-state index in [1.54, 1.807) is 19.2 Å². The number of nitrogens with zero attached hydrogens (tertiary/aromatic N) is 4. The van der Waals surface area contributed by atoms with Crippen LogP contribution in [0, 0.1) is 6.92 Å². The minimum absolute atomic E-state index is 0.249. The average molecular weight is 310 g/mol. The Morgan fingerprint density at radius 3 is 2.83 bits per heavy atom. The third-order valence-electron chi connectivity index (χ3n) is 2.94. The molecule has 0 aliphatic heterocycles. The molecule has 0 saturated heterocycles. The lowest BCUT2D eigenvalue weighted by atomic mass is 10.3. The van der Waals surface area contributed by atoms with E-state index in [0.29, 0.717) is 23.9 Å². The van der Waals surface area contributed by atoms with Crippen molar-refractivity contribution in [2.45, 2.75) is 13.5 Å². The number of amides is 1. The Morgan fingerprint density at radius 2 is 2.09 bits per heavy atom. The highest BCUT2D eigenvalue weighted by Crippen LogP contribution is 2.14. The molecule has 2 N–H and O–H groups in total. The number of carbonyl (C=O) groups is 1. The molecule has 0 spiro atoms. The largest absolute Gasteiger partial charge is 0.360 e. The summed E-state index contributed by atoms with van der Waals surface area (Å²) >= 11 is 0. The molecule has 0 aromatic carbocycles. The molecule has 1 amide bonds. The zero-order chi connectivity index (χ0) is 16.1. The molecule has 0 aliphatic carbocycles. The molecule has 0 aliphatic rings. The fraction of sp³-hybridized carbons (Fsp3) is 0.133. The van der Waals surface area contributed by atoms with Crippen LogP contribution in [0.25, 0.3) is 0 Å². The topological polar surface area (TPSA) is 106 Å². The van der Waals surface area contributed by atoms with E-state index in [1.165, 1.54) is 12.4 Å². The second-order valence-corrected chi connectivity index (χ2v) is 4.74. The molecule has 0 radical (unpaired) electrons. The Morgan fingerprint density at radius 1 is 1.17 bits per heavy atom. The van der Waals surface area contributed by atoms with Gasteiger partial charge in [0.05, 0.1) is 12.2 Å². The van der Waals surface area contributed by atoms with Gasteiger partial charge in [0.2, 0.25) is 0 Å². The highest BCUT2D eigenvalue weighted by atomic mass is 16.5. The van der Waals surface area contributed by atoms with Crippen molar-refractivity contribution < 1.29 is 9.32 Å². The van der Waals surface area contributed by atoms with Crippen molar-refractivity contribution in [2.75, 3.05) is 5.32 Å². The molecule has 8 heteroatoms. The Balaban J connectivity index is 1.65. The first-order valence-electron chi connectivity index (χ1n) is 6.91. The van der Waals surface area contributed by atoms with Crippen LogP contribution in [0.1, 0.15) is 21.9 Å². The zero-order valence-electron chi connectivity index (χ0n) is 12.4. The van der Waals surface area contributed by atoms with E-state index in [-0.39, 0.29) is 11.6 Å². The summed E-state index contributed by atoms with van der Waals surface area (Å²) in [5.74, 6) is 1.34. The van der Waals surface area contributed by atoms with Gasteiger partial charge in [0.1, 0.15) is 23.6 Å². The van der Waals surface area contributed by atoms with E-state index in [9.17, 15) is 4.79 Å². The highest BCUT2D eigenvalue weighted by molar-refractivity contribution is 5.92. The monoisotopic (exact) mass is 310 g/mol. The van der Waals surface area contributed by atoms with E-state index in [0.717, 1.165) is 5.69 Å². The Hall–Kier alpha value is -3.29. The van der Waals surface area contributed by atoms with Crippen LogP contribution in [0.5, 0.6) is 0 Å². The van der Waals surface area contributed by atoms with E-state index >= 15 is 0 Å². The molecule has 3 rings (SSSR count). The molecule has 8 nitrogen and oxygen atoms in total. The van der Waals surface area contributed by atoms with Gasteiger partial charge in [-0.25, -0.2) is 9.97 Å². The normalized spacial score (nSPS) is 10.3. The number of hydrogen-bond donors (Lipinski definition) is 2. The zero-order valence-corrected chi connectivity index (χ0v) is 12.4. The van der Waals surface area contributed by atoms with Gasteiger partial charge in [0.25, 0.3) is 5.91 Å². The summed E-state index contributed by atoms with van der Waals surface area (Å²) < 4.78 is 4.96. The van der Waals surface area contributed by atoms with Crippen molar-refractivity contribution in [1.29, 1.82) is 0 Å². The summed E-state index contributed by atoms with van der Waals surface area (Å²) in [5, 5.41) is 9.51. The van der Waals surface area contributed by atoms with Crippen molar-refractivity contribution in [1.82, 2.24) is 25.4 Å². The molecule has 0 unspecified atom stereocenters. The molecular weight excluding hydrogens is 296 g/mol. The number of aromatic nitrogens is 4. The Bertz CT molecular complexity index is 802. The minimum Gasteiger partial charge on any atom is -0.360 e. The molecule has 116 valence electrons. The predicted octanol–water partition coefficient (Wildman–Crippen LogP) is 1.84. The number of anilines is 2. The molecule has 3 aromatic heterocycles. The quantitative estimate of drug-likeness (QED) is 0.740. The van der Waals surface area contributed by atoms with Crippen LogP contribution < -0.4 is 10.6 Å². The van der Waals surface area contributed by atoms with Crippen LogP contribution in [-0.4, -0.2) is 26.0 Å². The summed E-state index contributed by atoms with van der Waals surface area (Å²) in [6.07, 6.45) is 2.99. The van der Waals surface area contributed by atoms with Crippen LogP contribution in [-0.2, 0) is 6.54 Å². The van der Waals surface area contributed by atoms with Gasteiger partial charge in [0.15, 0.2) is 5.82 Å². The van der Waals surface area contributed by atoms with Gasteiger partial charge in [0, 0.05) is 18.3 Å². The number of carbonyl (C=O) groups excluding carboxylic acids is 1. The van der Waals surface area contributed by atoms with E-state index < -0.39 is 0 Å². The first-order chi connectivity index (χ1) is 11.2. The third-order valence-corrected chi connectivity index (χ3v) is 2.94. The molecule has 0 bridgehead atoms. The lowest BCUT2D eigenvalue weighted by Crippen LogP contribution is -2.24. The second kappa shape index (κ2) is 6.65. The summed E-state index contributed by atoms with van der Waals surface area (Å²) in [5.41, 5.74) is 1.02. The van der Waals surface area contributed by atoms with E-state index in [1.807, 2.05) is 18.2 Å². The van der Waals surface area contributed by atoms with Crippen LogP contribution in [0.4, 0.5) is 11.6 Å². The van der Waals surface area contributed by atoms with Crippen molar-refractivity contribution in [2.24, 2.45) is 0 Å². The fourth-order valence-corrected chi connectivity index (χ4v) is 1.87. The van der Waals surface area contributed by atoms with Crippen LogP contribution in [0.2, 0.25) is 0 Å². The molecule has 0 saturated carbocycles. The Kier molecular flexibility index (Phi) is 4.23. The maximum absolute atomic E-state index is 12.1. The van der Waals surface area contributed by atoms with E-state index in [4.69, 9.17) is 4.52 Å². The second-order valence-electron chi connectivity index (χ2n) is 4.74. The molecule has 3 aromatic rings. The van der Waals surface area contributed by atoms with Gasteiger partial charge in [-0.3, -0.25) is 9.78 Å². The smallest absolute Gasteiger partial charge is 0.270 e. The van der Waals surface area contributed by atoms with Gasteiger partial charge in [-0.15, -0.1) is 0 Å². The molecular formula is C15H14N6O2. The van der Waals surface area contributed by atoms with Crippen LogP contribution in [0.3, 0.4) is 0 Å². The number of rotatable bonds is 5. The number of hydrogen-bond acceptors (Lipinski definition) is 7. The predicted molar refractivity (Wildman–Crippen MR) is 82.0 cm³/mol. The maximum atomic E-state index is 12.1. The third kappa shape index (κ3) is 3.88. The summed E-state index contributed by atoms with van der Waals surface area (Å²) in [7, 11) is 0. The van der Waals surface area contributed by atoms with Gasteiger partial charge < -0.3 is 15.2 Å². The molecule has 23 heavy (non-hydrogen) atoms. The summed E-state index contributed by atoms with van der Waals surface area (Å²) in [4.78, 5) is 24.3. The molecule has 0 atom stereocenters. The number of nitrogens with one attached hydrogen (secondary N) is 2. The van der Waals surface area contributed by atoms with Crippen LogP contribution in [0.15, 0.2) is 47.4 Å². The highest BCUT2D eigenvalue weighted by Gasteiger charge is 2.10. The van der Waals surface area contributed by atoms with Crippen LogP contribution >= 0.6 is 0 Å². The van der Waals surface area contributed by atoms with Gasteiger partial charge >= 0.3 is 0 Å². The molecule has 0 fully saturated rings. The van der Waals surface area contributed by atoms with Crippen molar-refractivity contribution in [3.63, 3.8) is 0 Å². The summed E-state index contributed by atoms with van der Waals surface area (Å²) in [6, 6.07) is 8.78.